The van der Waals surface area contributed by atoms with Crippen LogP contribution < -0.4 is 4.90 Å². The number of piperidine rings is 1. The summed E-state index contributed by atoms with van der Waals surface area (Å²) in [6.07, 6.45) is 6.77. The lowest BCUT2D eigenvalue weighted by atomic mass is 9.75. The van der Waals surface area contributed by atoms with Crippen molar-refractivity contribution in [2.75, 3.05) is 18.0 Å². The third-order valence-corrected chi connectivity index (χ3v) is 4.75. The van der Waals surface area contributed by atoms with Crippen LogP contribution in [-0.4, -0.2) is 24.2 Å². The van der Waals surface area contributed by atoms with E-state index in [0.29, 0.717) is 5.56 Å². The molecule has 0 radical (unpaired) electrons. The fourth-order valence-electron chi connectivity index (χ4n) is 3.67. The Hall–Kier alpha value is -1.51. The Labute approximate surface area is 114 Å². The maximum absolute atomic E-state index is 11.0. The zero-order valence-electron chi connectivity index (χ0n) is 11.2. The summed E-state index contributed by atoms with van der Waals surface area (Å²) < 4.78 is 0. The van der Waals surface area contributed by atoms with Gasteiger partial charge in [0.2, 0.25) is 0 Å². The van der Waals surface area contributed by atoms with E-state index in [2.05, 4.69) is 4.90 Å². The number of carboxylic acid groups (broad SMARTS) is 1. The van der Waals surface area contributed by atoms with Gasteiger partial charge in [-0.1, -0.05) is 25.3 Å². The van der Waals surface area contributed by atoms with Crippen LogP contribution in [0, 0.1) is 11.8 Å². The molecule has 2 atom stereocenters. The van der Waals surface area contributed by atoms with Crippen LogP contribution in [0.4, 0.5) is 5.69 Å². The van der Waals surface area contributed by atoms with E-state index in [9.17, 15) is 4.79 Å². The first-order valence-corrected chi connectivity index (χ1v) is 7.32. The smallest absolute Gasteiger partial charge is 0.335 e. The van der Waals surface area contributed by atoms with Gasteiger partial charge in [-0.2, -0.15) is 0 Å². The van der Waals surface area contributed by atoms with Crippen LogP contribution in [0.25, 0.3) is 0 Å². The molecule has 0 amide bonds. The Morgan fingerprint density at radius 3 is 2.74 bits per heavy atom. The molecule has 3 nitrogen and oxygen atoms in total. The minimum atomic E-state index is -0.839. The van der Waals surface area contributed by atoms with Crippen LogP contribution in [0.2, 0.25) is 0 Å². The Bertz CT molecular complexity index is 472. The zero-order chi connectivity index (χ0) is 13.2. The molecule has 2 unspecified atom stereocenters. The molecule has 1 aliphatic heterocycles. The number of rotatable bonds is 2. The quantitative estimate of drug-likeness (QED) is 0.885. The minimum Gasteiger partial charge on any atom is -0.478 e. The minimum absolute atomic E-state index is 0.392. The number of carbonyl (C=O) groups is 1. The van der Waals surface area contributed by atoms with Gasteiger partial charge in [-0.3, -0.25) is 0 Å². The fraction of sp³-hybridized carbons (Fsp3) is 0.562. The monoisotopic (exact) mass is 259 g/mol. The van der Waals surface area contributed by atoms with E-state index in [1.165, 1.54) is 32.1 Å². The van der Waals surface area contributed by atoms with E-state index in [1.54, 1.807) is 6.07 Å². The summed E-state index contributed by atoms with van der Waals surface area (Å²) in [6, 6.07) is 7.37. The number of hydrogen-bond acceptors (Lipinski definition) is 2. The number of nitrogens with zero attached hydrogens (tertiary/aromatic N) is 1. The number of benzene rings is 1. The van der Waals surface area contributed by atoms with Crippen molar-refractivity contribution < 1.29 is 9.90 Å². The van der Waals surface area contributed by atoms with Gasteiger partial charge >= 0.3 is 5.97 Å². The molecule has 3 heteroatoms. The molecular weight excluding hydrogens is 238 g/mol. The molecule has 0 bridgehead atoms. The molecule has 1 aromatic rings. The first kappa shape index (κ1) is 12.5. The number of fused-ring (bicyclic) bond motifs is 1. The van der Waals surface area contributed by atoms with Gasteiger partial charge in [0.15, 0.2) is 0 Å². The Morgan fingerprint density at radius 2 is 1.95 bits per heavy atom. The molecule has 1 N–H and O–H groups in total. The molecule has 1 saturated carbocycles. The van der Waals surface area contributed by atoms with Gasteiger partial charge in [-0.15, -0.1) is 0 Å². The molecule has 0 spiro atoms. The summed E-state index contributed by atoms with van der Waals surface area (Å²) in [4.78, 5) is 13.4. The van der Waals surface area contributed by atoms with Crippen molar-refractivity contribution in [3.8, 4) is 0 Å². The molecule has 19 heavy (non-hydrogen) atoms. The topological polar surface area (TPSA) is 40.5 Å². The second-order valence-electron chi connectivity index (χ2n) is 5.89. The van der Waals surface area contributed by atoms with Gasteiger partial charge in [0.05, 0.1) is 5.56 Å². The molecular formula is C16H21NO2. The predicted octanol–water partition coefficient (Wildman–Crippen LogP) is 3.40. The molecule has 1 aliphatic carbocycles. The standard InChI is InChI=1S/C16H21NO2/c18-16(19)13-6-3-7-15(10-13)17-9-8-12-4-1-2-5-14(12)11-17/h3,6-7,10,12,14H,1-2,4-5,8-9,11H2,(H,18,19). The third-order valence-electron chi connectivity index (χ3n) is 4.75. The first-order valence-electron chi connectivity index (χ1n) is 7.32. The molecule has 3 rings (SSSR count). The van der Waals surface area contributed by atoms with Gasteiger partial charge in [-0.25, -0.2) is 4.79 Å². The maximum Gasteiger partial charge on any atom is 0.335 e. The predicted molar refractivity (Wildman–Crippen MR) is 75.7 cm³/mol. The number of aromatic carboxylic acids is 1. The van der Waals surface area contributed by atoms with E-state index in [4.69, 9.17) is 5.11 Å². The summed E-state index contributed by atoms with van der Waals surface area (Å²) in [5.41, 5.74) is 1.46. The van der Waals surface area contributed by atoms with E-state index >= 15 is 0 Å². The molecule has 1 heterocycles. The highest BCUT2D eigenvalue weighted by atomic mass is 16.4. The van der Waals surface area contributed by atoms with Crippen LogP contribution in [0.5, 0.6) is 0 Å². The van der Waals surface area contributed by atoms with Gasteiger partial charge in [0, 0.05) is 18.8 Å². The first-order chi connectivity index (χ1) is 9.24. The summed E-state index contributed by atoms with van der Waals surface area (Å²) in [5, 5.41) is 9.08. The highest BCUT2D eigenvalue weighted by Gasteiger charge is 2.31. The lowest BCUT2D eigenvalue weighted by Crippen LogP contribution is -2.41. The van der Waals surface area contributed by atoms with Crippen molar-refractivity contribution in [2.45, 2.75) is 32.1 Å². The molecule has 1 aromatic carbocycles. The molecule has 2 fully saturated rings. The highest BCUT2D eigenvalue weighted by Crippen LogP contribution is 2.37. The van der Waals surface area contributed by atoms with Crippen LogP contribution >= 0.6 is 0 Å². The largest absolute Gasteiger partial charge is 0.478 e. The highest BCUT2D eigenvalue weighted by molar-refractivity contribution is 5.88. The van der Waals surface area contributed by atoms with Crippen LogP contribution in [0.15, 0.2) is 24.3 Å². The molecule has 102 valence electrons. The normalized spacial score (nSPS) is 26.8. The molecule has 1 saturated heterocycles. The van der Waals surface area contributed by atoms with Crippen LogP contribution in [0.1, 0.15) is 42.5 Å². The van der Waals surface area contributed by atoms with E-state index < -0.39 is 5.97 Å². The van der Waals surface area contributed by atoms with Crippen molar-refractivity contribution in [1.29, 1.82) is 0 Å². The SMILES string of the molecule is O=C(O)c1cccc(N2CCC3CCCCC3C2)c1. The van der Waals surface area contributed by atoms with Crippen molar-refractivity contribution in [3.63, 3.8) is 0 Å². The van der Waals surface area contributed by atoms with Gasteiger partial charge < -0.3 is 10.0 Å². The summed E-state index contributed by atoms with van der Waals surface area (Å²) >= 11 is 0. The molecule has 2 aliphatic rings. The second-order valence-corrected chi connectivity index (χ2v) is 5.89. The van der Waals surface area contributed by atoms with Crippen molar-refractivity contribution >= 4 is 11.7 Å². The Morgan fingerprint density at radius 1 is 1.16 bits per heavy atom. The third kappa shape index (κ3) is 2.60. The number of hydrogen-bond donors (Lipinski definition) is 1. The summed E-state index contributed by atoms with van der Waals surface area (Å²) in [6.45, 7) is 2.18. The van der Waals surface area contributed by atoms with E-state index in [1.807, 2.05) is 18.2 Å². The van der Waals surface area contributed by atoms with Crippen LogP contribution in [-0.2, 0) is 0 Å². The number of anilines is 1. The summed E-state index contributed by atoms with van der Waals surface area (Å²) in [7, 11) is 0. The zero-order valence-corrected chi connectivity index (χ0v) is 11.2. The van der Waals surface area contributed by atoms with Gasteiger partial charge in [0.1, 0.15) is 0 Å². The Kier molecular flexibility index (Phi) is 3.45. The maximum atomic E-state index is 11.0. The fourth-order valence-corrected chi connectivity index (χ4v) is 3.67. The van der Waals surface area contributed by atoms with Gasteiger partial charge in [0.25, 0.3) is 0 Å². The number of carboxylic acids is 1. The van der Waals surface area contributed by atoms with Crippen molar-refractivity contribution in [3.05, 3.63) is 29.8 Å². The van der Waals surface area contributed by atoms with E-state index in [-0.39, 0.29) is 0 Å². The van der Waals surface area contributed by atoms with Crippen molar-refractivity contribution in [2.24, 2.45) is 11.8 Å². The van der Waals surface area contributed by atoms with Gasteiger partial charge in [-0.05, 0) is 42.9 Å². The van der Waals surface area contributed by atoms with Crippen LogP contribution in [0.3, 0.4) is 0 Å². The van der Waals surface area contributed by atoms with E-state index in [0.717, 1.165) is 30.6 Å². The lowest BCUT2D eigenvalue weighted by molar-refractivity contribution is 0.0697. The average Bonchev–Trinajstić information content (AvgIpc) is 2.47. The molecule has 0 aromatic heterocycles. The summed E-state index contributed by atoms with van der Waals surface area (Å²) in [5.74, 6) is 0.887. The lowest BCUT2D eigenvalue weighted by Gasteiger charge is -2.42. The average molecular weight is 259 g/mol. The van der Waals surface area contributed by atoms with Crippen molar-refractivity contribution in [1.82, 2.24) is 0 Å². The second kappa shape index (κ2) is 5.24. The Balaban J connectivity index is 1.75.